The molecule has 11 heteroatoms. The van der Waals surface area contributed by atoms with Gasteiger partial charge >= 0.3 is 0 Å². The molecular formula is C26H37BrFN3O5S. The lowest BCUT2D eigenvalue weighted by molar-refractivity contribution is -0.142. The Morgan fingerprint density at radius 3 is 2.46 bits per heavy atom. The average Bonchev–Trinajstić information content (AvgIpc) is 3.33. The van der Waals surface area contributed by atoms with Crippen LogP contribution in [0.5, 0.6) is 0 Å². The number of benzene rings is 1. The molecule has 3 N–H and O–H groups in total. The second-order valence-corrected chi connectivity index (χ2v) is 12.8. The van der Waals surface area contributed by atoms with Crippen LogP contribution in [0.2, 0.25) is 0 Å². The van der Waals surface area contributed by atoms with Gasteiger partial charge in [-0.05, 0) is 55.9 Å². The molecule has 2 rings (SSSR count). The molecule has 1 aromatic carbocycles. The van der Waals surface area contributed by atoms with E-state index in [1.54, 1.807) is 26.0 Å². The van der Waals surface area contributed by atoms with E-state index in [-0.39, 0.29) is 40.5 Å². The molecule has 0 bridgehead atoms. The topological polar surface area (TPSA) is 127 Å². The van der Waals surface area contributed by atoms with E-state index < -0.39 is 40.2 Å². The minimum Gasteiger partial charge on any atom is -0.386 e. The molecule has 1 fully saturated rings. The van der Waals surface area contributed by atoms with Gasteiger partial charge in [-0.15, -0.1) is 0 Å². The molecule has 0 unspecified atom stereocenters. The highest BCUT2D eigenvalue weighted by atomic mass is 79.9. The Kier molecular flexibility index (Phi) is 11.7. The van der Waals surface area contributed by atoms with Crippen LogP contribution in [-0.4, -0.2) is 62.4 Å². The van der Waals surface area contributed by atoms with Gasteiger partial charge in [-0.25, -0.2) is 12.8 Å². The van der Waals surface area contributed by atoms with Gasteiger partial charge in [0.15, 0.2) is 21.4 Å². The molecule has 0 radical (unpaired) electrons. The Morgan fingerprint density at radius 1 is 1.24 bits per heavy atom. The highest BCUT2D eigenvalue weighted by Crippen LogP contribution is 2.28. The van der Waals surface area contributed by atoms with E-state index in [2.05, 4.69) is 27.8 Å². The van der Waals surface area contributed by atoms with E-state index in [0.29, 0.717) is 38.8 Å². The van der Waals surface area contributed by atoms with E-state index in [4.69, 9.17) is 5.73 Å². The maximum atomic E-state index is 13.6. The van der Waals surface area contributed by atoms with Crippen LogP contribution in [0.1, 0.15) is 46.0 Å². The van der Waals surface area contributed by atoms with Gasteiger partial charge in [0.2, 0.25) is 5.91 Å². The summed E-state index contributed by atoms with van der Waals surface area (Å²) in [4.78, 5) is 40.5. The minimum atomic E-state index is -3.75. The van der Waals surface area contributed by atoms with Gasteiger partial charge in [-0.2, -0.15) is 0 Å². The van der Waals surface area contributed by atoms with Crippen molar-refractivity contribution in [3.8, 4) is 0 Å². The Balaban J connectivity index is 2.14. The lowest BCUT2D eigenvalue weighted by Gasteiger charge is -2.30. The zero-order valence-corrected chi connectivity index (χ0v) is 23.8. The fraction of sp³-hybridized carbons (Fsp3) is 0.577. The molecule has 1 aliphatic heterocycles. The van der Waals surface area contributed by atoms with Crippen molar-refractivity contribution < 1.29 is 27.2 Å². The van der Waals surface area contributed by atoms with Crippen LogP contribution in [0, 0.1) is 17.8 Å². The second kappa shape index (κ2) is 14.0. The summed E-state index contributed by atoms with van der Waals surface area (Å²) >= 11 is 3.29. The number of sulfone groups is 1. The summed E-state index contributed by atoms with van der Waals surface area (Å²) in [5, 5.41) is 2.83. The number of alkyl halides is 1. The van der Waals surface area contributed by atoms with Crippen LogP contribution in [0.15, 0.2) is 46.0 Å². The van der Waals surface area contributed by atoms with Crippen molar-refractivity contribution in [1.29, 1.82) is 0 Å². The predicted octanol–water partition coefficient (Wildman–Crippen LogP) is 3.40. The fourth-order valence-corrected chi connectivity index (χ4v) is 6.57. The summed E-state index contributed by atoms with van der Waals surface area (Å²) in [6, 6.07) is 5.49. The molecule has 1 amide bonds. The predicted molar refractivity (Wildman–Crippen MR) is 144 cm³/mol. The molecule has 37 heavy (non-hydrogen) atoms. The number of carbonyl (C=O) groups excluding carboxylic acids is 3. The highest BCUT2D eigenvalue weighted by molar-refractivity contribution is 9.10. The number of nitrogens with two attached hydrogens (primary N) is 1. The van der Waals surface area contributed by atoms with Gasteiger partial charge in [0.25, 0.3) is 0 Å². The molecule has 1 aliphatic rings. The first-order chi connectivity index (χ1) is 17.4. The number of nitrogens with one attached hydrogen (secondary N) is 1. The lowest BCUT2D eigenvalue weighted by atomic mass is 9.89. The number of likely N-dealkylation sites (tertiary alicyclic amines) is 1. The number of halogens is 2. The standard InChI is InChI=1S/C26H37BrFN3O5S/c1-17(2)22(16-37(35,36)21-10-8-20(27)9-11-21)26(34)31-13-5-7-23(31)24(32)14-19(25(33)15-28)6-4-12-30-18(3)29/h8-11,17,19,22-23,30H,3-7,12-16,29H2,1-2H3/t19-,22+,23+/m1/s1. The summed E-state index contributed by atoms with van der Waals surface area (Å²) in [5.41, 5.74) is 5.46. The molecule has 0 saturated carbocycles. The van der Waals surface area contributed by atoms with Gasteiger partial charge in [-0.1, -0.05) is 36.4 Å². The third-order valence-electron chi connectivity index (χ3n) is 6.72. The maximum absolute atomic E-state index is 13.6. The van der Waals surface area contributed by atoms with E-state index in [0.717, 1.165) is 4.47 Å². The molecule has 3 atom stereocenters. The van der Waals surface area contributed by atoms with Crippen LogP contribution in [-0.2, 0) is 24.2 Å². The van der Waals surface area contributed by atoms with Crippen LogP contribution < -0.4 is 11.1 Å². The number of Topliss-reactive ketones (excluding diaryl/α,β-unsaturated/α-hetero) is 2. The minimum absolute atomic E-state index is 0.128. The van der Waals surface area contributed by atoms with Crippen molar-refractivity contribution in [2.75, 3.05) is 25.5 Å². The zero-order chi connectivity index (χ0) is 27.8. The Morgan fingerprint density at radius 2 is 1.89 bits per heavy atom. The normalized spacial score (nSPS) is 17.4. The smallest absolute Gasteiger partial charge is 0.227 e. The van der Waals surface area contributed by atoms with E-state index in [1.807, 2.05) is 0 Å². The summed E-state index contributed by atoms with van der Waals surface area (Å²) in [5.74, 6) is -3.31. The quantitative estimate of drug-likeness (QED) is 0.295. The summed E-state index contributed by atoms with van der Waals surface area (Å²) < 4.78 is 40.1. The van der Waals surface area contributed by atoms with Crippen molar-refractivity contribution in [2.45, 2.75) is 56.9 Å². The van der Waals surface area contributed by atoms with Crippen molar-refractivity contribution in [1.82, 2.24) is 10.2 Å². The number of rotatable bonds is 15. The first-order valence-corrected chi connectivity index (χ1v) is 14.9. The lowest BCUT2D eigenvalue weighted by Crippen LogP contribution is -2.47. The molecule has 1 saturated heterocycles. The summed E-state index contributed by atoms with van der Waals surface area (Å²) in [6.45, 7) is 6.71. The maximum Gasteiger partial charge on any atom is 0.227 e. The third kappa shape index (κ3) is 8.91. The second-order valence-electron chi connectivity index (χ2n) is 9.84. The van der Waals surface area contributed by atoms with Gasteiger partial charge in [-0.3, -0.25) is 14.4 Å². The van der Waals surface area contributed by atoms with Gasteiger partial charge in [0, 0.05) is 29.9 Å². The Bertz CT molecular complexity index is 1080. The third-order valence-corrected chi connectivity index (χ3v) is 9.03. The van der Waals surface area contributed by atoms with Crippen LogP contribution in [0.4, 0.5) is 4.39 Å². The van der Waals surface area contributed by atoms with Crippen LogP contribution in [0.25, 0.3) is 0 Å². The Labute approximate surface area is 227 Å². The molecule has 0 aromatic heterocycles. The SMILES string of the molecule is C=C(N)NCCC[C@H](CC(=O)[C@@H]1CCCN1C(=O)[C@@H](CS(=O)(=O)c1ccc(Br)cc1)C(C)C)C(=O)CF. The number of hydrogen-bond acceptors (Lipinski definition) is 7. The molecule has 0 spiro atoms. The van der Waals surface area contributed by atoms with Gasteiger partial charge in [0.05, 0.1) is 28.4 Å². The number of nitrogens with zero attached hydrogens (tertiary/aromatic N) is 1. The first-order valence-electron chi connectivity index (χ1n) is 12.5. The average molecular weight is 603 g/mol. The number of carbonyl (C=O) groups is 3. The molecule has 1 heterocycles. The van der Waals surface area contributed by atoms with Gasteiger partial charge in [0.1, 0.15) is 6.67 Å². The number of hydrogen-bond donors (Lipinski definition) is 2. The van der Waals surface area contributed by atoms with Crippen molar-refractivity contribution in [2.24, 2.45) is 23.5 Å². The molecular weight excluding hydrogens is 565 g/mol. The first kappa shape index (κ1) is 31.0. The van der Waals surface area contributed by atoms with Crippen molar-refractivity contribution >= 4 is 43.2 Å². The summed E-state index contributed by atoms with van der Waals surface area (Å²) in [7, 11) is -3.75. The van der Waals surface area contributed by atoms with Gasteiger partial charge < -0.3 is 16.0 Å². The monoisotopic (exact) mass is 601 g/mol. The van der Waals surface area contributed by atoms with E-state index in [1.165, 1.54) is 17.0 Å². The van der Waals surface area contributed by atoms with E-state index in [9.17, 15) is 27.2 Å². The Hall–Kier alpha value is -2.27. The highest BCUT2D eigenvalue weighted by Gasteiger charge is 2.40. The van der Waals surface area contributed by atoms with Crippen LogP contribution >= 0.6 is 15.9 Å². The molecule has 206 valence electrons. The molecule has 0 aliphatic carbocycles. The largest absolute Gasteiger partial charge is 0.386 e. The van der Waals surface area contributed by atoms with Crippen LogP contribution in [0.3, 0.4) is 0 Å². The molecule has 1 aromatic rings. The van der Waals surface area contributed by atoms with Crippen molar-refractivity contribution in [3.05, 3.63) is 41.1 Å². The van der Waals surface area contributed by atoms with E-state index >= 15 is 0 Å². The fourth-order valence-electron chi connectivity index (χ4n) is 4.56. The number of ketones is 2. The van der Waals surface area contributed by atoms with Crippen molar-refractivity contribution in [3.63, 3.8) is 0 Å². The summed E-state index contributed by atoms with van der Waals surface area (Å²) in [6.07, 6.45) is 1.66. The molecule has 8 nitrogen and oxygen atoms in total. The zero-order valence-electron chi connectivity index (χ0n) is 21.4. The number of amides is 1.